The number of benzene rings is 2. The molecule has 1 fully saturated rings. The van der Waals surface area contributed by atoms with Crippen LogP contribution in [0.5, 0.6) is 0 Å². The van der Waals surface area contributed by atoms with Crippen LogP contribution in [-0.2, 0) is 6.42 Å². The van der Waals surface area contributed by atoms with Crippen molar-refractivity contribution in [3.63, 3.8) is 0 Å². The van der Waals surface area contributed by atoms with Crippen molar-refractivity contribution in [3.05, 3.63) is 69.3 Å². The molecule has 104 valence electrons. The number of rotatable bonds is 5. The van der Waals surface area contributed by atoms with Gasteiger partial charge in [0.1, 0.15) is 0 Å². The molecule has 1 aliphatic rings. The molecule has 2 aromatic carbocycles. The van der Waals surface area contributed by atoms with Gasteiger partial charge in [-0.1, -0.05) is 42.5 Å². The van der Waals surface area contributed by atoms with Gasteiger partial charge in [-0.2, -0.15) is 0 Å². The Morgan fingerprint density at radius 3 is 2.45 bits per heavy atom. The number of hydrogen-bond donors (Lipinski definition) is 2. The van der Waals surface area contributed by atoms with Gasteiger partial charge in [0.05, 0.1) is 0 Å². The number of hydrazine groups is 1. The van der Waals surface area contributed by atoms with Gasteiger partial charge in [-0.05, 0) is 70.5 Å². The zero-order valence-electron chi connectivity index (χ0n) is 11.3. The van der Waals surface area contributed by atoms with Crippen molar-refractivity contribution in [2.75, 3.05) is 0 Å². The summed E-state index contributed by atoms with van der Waals surface area (Å²) in [5.41, 5.74) is 5.82. The van der Waals surface area contributed by atoms with Gasteiger partial charge in [0.2, 0.25) is 0 Å². The van der Waals surface area contributed by atoms with Crippen molar-refractivity contribution < 1.29 is 0 Å². The molecule has 3 heteroatoms. The first-order chi connectivity index (χ1) is 9.78. The van der Waals surface area contributed by atoms with Crippen LogP contribution < -0.4 is 11.3 Å². The zero-order chi connectivity index (χ0) is 13.9. The van der Waals surface area contributed by atoms with Crippen LogP contribution in [0.15, 0.2) is 54.6 Å². The van der Waals surface area contributed by atoms with Gasteiger partial charge in [0.15, 0.2) is 0 Å². The third-order valence-corrected chi connectivity index (χ3v) is 4.89. The van der Waals surface area contributed by atoms with Gasteiger partial charge in [-0.15, -0.1) is 0 Å². The first kappa shape index (κ1) is 14.0. The third-order valence-electron chi connectivity index (χ3n) is 4.17. The van der Waals surface area contributed by atoms with E-state index in [4.69, 9.17) is 5.84 Å². The van der Waals surface area contributed by atoms with E-state index in [9.17, 15) is 0 Å². The Labute approximate surface area is 133 Å². The minimum Gasteiger partial charge on any atom is -0.271 e. The van der Waals surface area contributed by atoms with Crippen molar-refractivity contribution in [1.29, 1.82) is 0 Å². The number of hydrogen-bond acceptors (Lipinski definition) is 2. The highest BCUT2D eigenvalue weighted by Crippen LogP contribution is 2.49. The van der Waals surface area contributed by atoms with Gasteiger partial charge < -0.3 is 0 Å². The summed E-state index contributed by atoms with van der Waals surface area (Å²) < 4.78 is 1.28. The van der Waals surface area contributed by atoms with E-state index in [1.54, 1.807) is 0 Å². The first-order valence-electron chi connectivity index (χ1n) is 7.03. The number of halogens is 1. The van der Waals surface area contributed by atoms with E-state index in [-0.39, 0.29) is 0 Å². The lowest BCUT2D eigenvalue weighted by atomic mass is 9.99. The van der Waals surface area contributed by atoms with Crippen LogP contribution in [0.25, 0.3) is 0 Å². The van der Waals surface area contributed by atoms with Crippen LogP contribution in [0.1, 0.15) is 23.5 Å². The lowest BCUT2D eigenvalue weighted by Crippen LogP contribution is -2.38. The highest BCUT2D eigenvalue weighted by Gasteiger charge is 2.43. The Hall–Kier alpha value is -0.910. The van der Waals surface area contributed by atoms with Crippen LogP contribution in [0.2, 0.25) is 0 Å². The summed E-state index contributed by atoms with van der Waals surface area (Å²) in [4.78, 5) is 0. The number of nitrogens with one attached hydrogen (secondary N) is 1. The Morgan fingerprint density at radius 1 is 1.10 bits per heavy atom. The molecule has 0 spiro atoms. The Bertz CT molecular complexity index is 553. The summed E-state index contributed by atoms with van der Waals surface area (Å²) in [6.45, 7) is 0. The Kier molecular flexibility index (Phi) is 4.38. The Morgan fingerprint density at radius 2 is 1.80 bits per heavy atom. The maximum atomic E-state index is 5.78. The van der Waals surface area contributed by atoms with Gasteiger partial charge in [-0.25, -0.2) is 0 Å². The van der Waals surface area contributed by atoms with E-state index in [0.717, 1.165) is 6.42 Å². The van der Waals surface area contributed by atoms with Crippen LogP contribution in [0.3, 0.4) is 0 Å². The molecule has 0 radical (unpaired) electrons. The highest BCUT2D eigenvalue weighted by molar-refractivity contribution is 14.1. The summed E-state index contributed by atoms with van der Waals surface area (Å²) >= 11 is 2.34. The van der Waals surface area contributed by atoms with Crippen molar-refractivity contribution in [3.8, 4) is 0 Å². The summed E-state index contributed by atoms with van der Waals surface area (Å²) in [5, 5.41) is 0. The SMILES string of the molecule is NNC(Cc1ccc(I)cc1)C1CC1c1ccccc1. The Balaban J connectivity index is 1.65. The smallest absolute Gasteiger partial charge is 0.0285 e. The molecule has 0 heterocycles. The molecule has 1 saturated carbocycles. The second kappa shape index (κ2) is 6.24. The number of nitrogens with two attached hydrogens (primary N) is 1. The van der Waals surface area contributed by atoms with Crippen LogP contribution >= 0.6 is 22.6 Å². The minimum absolute atomic E-state index is 0.361. The molecule has 3 unspecified atom stereocenters. The van der Waals surface area contributed by atoms with Crippen LogP contribution in [0, 0.1) is 9.49 Å². The second-order valence-electron chi connectivity index (χ2n) is 5.52. The predicted octanol–water partition coefficient (Wildman–Crippen LogP) is 3.47. The summed E-state index contributed by atoms with van der Waals surface area (Å²) in [6, 6.07) is 19.8. The largest absolute Gasteiger partial charge is 0.271 e. The quantitative estimate of drug-likeness (QED) is 0.475. The fourth-order valence-corrected chi connectivity index (χ4v) is 3.31. The fourth-order valence-electron chi connectivity index (χ4n) is 2.95. The summed E-state index contributed by atoms with van der Waals surface area (Å²) in [6.07, 6.45) is 2.24. The standard InChI is InChI=1S/C17H19IN2/c18-14-8-6-12(7-9-14)10-17(20-19)16-11-15(16)13-4-2-1-3-5-13/h1-9,15-17,20H,10-11,19H2. The molecule has 0 aliphatic heterocycles. The second-order valence-corrected chi connectivity index (χ2v) is 6.77. The van der Waals surface area contributed by atoms with E-state index in [0.29, 0.717) is 17.9 Å². The summed E-state index contributed by atoms with van der Waals surface area (Å²) in [7, 11) is 0. The molecule has 2 nitrogen and oxygen atoms in total. The molecule has 20 heavy (non-hydrogen) atoms. The van der Waals surface area contributed by atoms with Crippen molar-refractivity contribution in [2.45, 2.75) is 24.8 Å². The van der Waals surface area contributed by atoms with E-state index in [1.165, 1.54) is 21.1 Å². The maximum Gasteiger partial charge on any atom is 0.0285 e. The zero-order valence-corrected chi connectivity index (χ0v) is 13.5. The molecule has 0 saturated heterocycles. The lowest BCUT2D eigenvalue weighted by molar-refractivity contribution is 0.464. The average molecular weight is 378 g/mol. The topological polar surface area (TPSA) is 38.0 Å². The van der Waals surface area contributed by atoms with E-state index in [2.05, 4.69) is 82.6 Å². The predicted molar refractivity (Wildman–Crippen MR) is 91.3 cm³/mol. The maximum absolute atomic E-state index is 5.78. The molecule has 3 atom stereocenters. The van der Waals surface area contributed by atoms with E-state index >= 15 is 0 Å². The van der Waals surface area contributed by atoms with Gasteiger partial charge in [-0.3, -0.25) is 11.3 Å². The van der Waals surface area contributed by atoms with Crippen LogP contribution in [0.4, 0.5) is 0 Å². The molecule has 3 N–H and O–H groups in total. The molecule has 1 aliphatic carbocycles. The third kappa shape index (κ3) is 3.22. The summed E-state index contributed by atoms with van der Waals surface area (Å²) in [5.74, 6) is 7.10. The molecule has 0 amide bonds. The van der Waals surface area contributed by atoms with E-state index in [1.807, 2.05) is 0 Å². The molecule has 2 aromatic rings. The van der Waals surface area contributed by atoms with Crippen molar-refractivity contribution in [2.24, 2.45) is 11.8 Å². The lowest BCUT2D eigenvalue weighted by Gasteiger charge is -2.16. The molecule has 3 rings (SSSR count). The molecular formula is C17H19IN2. The minimum atomic E-state index is 0.361. The van der Waals surface area contributed by atoms with Crippen molar-refractivity contribution in [1.82, 2.24) is 5.43 Å². The van der Waals surface area contributed by atoms with Gasteiger partial charge in [0.25, 0.3) is 0 Å². The normalized spacial score (nSPS) is 22.5. The average Bonchev–Trinajstić information content (AvgIpc) is 3.28. The van der Waals surface area contributed by atoms with E-state index < -0.39 is 0 Å². The van der Waals surface area contributed by atoms with Gasteiger partial charge in [0, 0.05) is 9.61 Å². The van der Waals surface area contributed by atoms with Crippen molar-refractivity contribution >= 4 is 22.6 Å². The molecular weight excluding hydrogens is 359 g/mol. The fraction of sp³-hybridized carbons (Fsp3) is 0.294. The molecule has 0 aromatic heterocycles. The van der Waals surface area contributed by atoms with Crippen LogP contribution in [-0.4, -0.2) is 6.04 Å². The van der Waals surface area contributed by atoms with Gasteiger partial charge >= 0.3 is 0 Å². The highest BCUT2D eigenvalue weighted by atomic mass is 127. The monoisotopic (exact) mass is 378 g/mol. The first-order valence-corrected chi connectivity index (χ1v) is 8.11. The molecule has 0 bridgehead atoms.